The summed E-state index contributed by atoms with van der Waals surface area (Å²) in [7, 11) is 0. The third kappa shape index (κ3) is 2.82. The van der Waals surface area contributed by atoms with E-state index in [2.05, 4.69) is 10.3 Å². The predicted octanol–water partition coefficient (Wildman–Crippen LogP) is 5.45. The lowest BCUT2D eigenvalue weighted by molar-refractivity contribution is 1.13. The van der Waals surface area contributed by atoms with Crippen LogP contribution in [0.1, 0.15) is 0 Å². The molecular weight excluding hydrogens is 343 g/mol. The number of hydrogen-bond acceptors (Lipinski definition) is 3. The Balaban J connectivity index is 1.86. The Hall–Kier alpha value is -2.56. The number of aromatic nitrogens is 3. The molecule has 0 spiro atoms. The van der Waals surface area contributed by atoms with Gasteiger partial charge in [0.15, 0.2) is 5.65 Å². The van der Waals surface area contributed by atoms with Crippen LogP contribution in [0.2, 0.25) is 10.0 Å². The van der Waals surface area contributed by atoms with E-state index in [1.807, 2.05) is 59.1 Å². The van der Waals surface area contributed by atoms with Crippen molar-refractivity contribution in [2.45, 2.75) is 0 Å². The summed E-state index contributed by atoms with van der Waals surface area (Å²) < 4.78 is 1.96. The van der Waals surface area contributed by atoms with Crippen LogP contribution in [-0.2, 0) is 0 Å². The third-order valence-corrected chi connectivity index (χ3v) is 4.16. The van der Waals surface area contributed by atoms with Gasteiger partial charge in [0.05, 0.1) is 6.20 Å². The van der Waals surface area contributed by atoms with E-state index in [0.29, 0.717) is 10.0 Å². The second kappa shape index (κ2) is 6.15. The SMILES string of the molecule is Clc1ccc(Nc2c(-c3ccc(Cl)cc3)nc3cnccn23)cc1. The molecule has 0 aliphatic carbocycles. The van der Waals surface area contributed by atoms with Crippen molar-refractivity contribution in [1.29, 1.82) is 0 Å². The lowest BCUT2D eigenvalue weighted by atomic mass is 10.1. The zero-order chi connectivity index (χ0) is 16.5. The Morgan fingerprint density at radius 2 is 1.54 bits per heavy atom. The summed E-state index contributed by atoms with van der Waals surface area (Å²) in [6.07, 6.45) is 5.33. The van der Waals surface area contributed by atoms with Crippen LogP contribution in [0.25, 0.3) is 16.9 Å². The Bertz CT molecular complexity index is 992. The zero-order valence-corrected chi connectivity index (χ0v) is 14.0. The number of benzene rings is 2. The van der Waals surface area contributed by atoms with E-state index in [4.69, 9.17) is 28.2 Å². The molecule has 4 aromatic rings. The first-order valence-electron chi connectivity index (χ1n) is 7.31. The van der Waals surface area contributed by atoms with Crippen LogP contribution in [0.5, 0.6) is 0 Å². The first-order valence-corrected chi connectivity index (χ1v) is 8.07. The molecule has 118 valence electrons. The molecule has 4 rings (SSSR count). The standard InChI is InChI=1S/C18H12Cl2N4/c19-13-3-1-12(2-4-13)17-18(22-15-7-5-14(20)6-8-15)24-10-9-21-11-16(24)23-17/h1-11,22H. The molecule has 0 radical (unpaired) electrons. The van der Waals surface area contributed by atoms with E-state index < -0.39 is 0 Å². The summed E-state index contributed by atoms with van der Waals surface area (Å²) in [5.74, 6) is 0.858. The van der Waals surface area contributed by atoms with Crippen molar-refractivity contribution in [3.05, 3.63) is 77.2 Å². The van der Waals surface area contributed by atoms with Gasteiger partial charge in [-0.3, -0.25) is 9.38 Å². The monoisotopic (exact) mass is 354 g/mol. The van der Waals surface area contributed by atoms with Crippen LogP contribution >= 0.6 is 23.2 Å². The number of nitrogens with zero attached hydrogens (tertiary/aromatic N) is 3. The van der Waals surface area contributed by atoms with Gasteiger partial charge < -0.3 is 5.32 Å². The van der Waals surface area contributed by atoms with Crippen LogP contribution in [0, 0.1) is 0 Å². The van der Waals surface area contributed by atoms with Gasteiger partial charge >= 0.3 is 0 Å². The molecule has 2 aromatic carbocycles. The molecule has 0 aliphatic heterocycles. The molecule has 4 nitrogen and oxygen atoms in total. The molecule has 0 fully saturated rings. The molecule has 0 atom stereocenters. The summed E-state index contributed by atoms with van der Waals surface area (Å²) in [6, 6.07) is 15.1. The summed E-state index contributed by atoms with van der Waals surface area (Å²) >= 11 is 12.0. The molecule has 0 bridgehead atoms. The van der Waals surface area contributed by atoms with Gasteiger partial charge in [0, 0.05) is 33.7 Å². The van der Waals surface area contributed by atoms with Gasteiger partial charge in [-0.05, 0) is 36.4 Å². The number of anilines is 2. The number of nitrogens with one attached hydrogen (secondary N) is 1. The quantitative estimate of drug-likeness (QED) is 0.532. The van der Waals surface area contributed by atoms with Crippen molar-refractivity contribution in [3.63, 3.8) is 0 Å². The van der Waals surface area contributed by atoms with Gasteiger partial charge in [0.25, 0.3) is 0 Å². The maximum Gasteiger partial charge on any atom is 0.157 e. The minimum absolute atomic E-state index is 0.691. The molecular formula is C18H12Cl2N4. The van der Waals surface area contributed by atoms with E-state index >= 15 is 0 Å². The first-order chi connectivity index (χ1) is 11.7. The van der Waals surface area contributed by atoms with Gasteiger partial charge in [-0.15, -0.1) is 0 Å². The Morgan fingerprint density at radius 1 is 0.875 bits per heavy atom. The molecule has 2 aromatic heterocycles. The number of fused-ring (bicyclic) bond motifs is 1. The van der Waals surface area contributed by atoms with Crippen LogP contribution in [0.15, 0.2) is 67.1 Å². The van der Waals surface area contributed by atoms with E-state index in [9.17, 15) is 0 Å². The topological polar surface area (TPSA) is 42.2 Å². The highest BCUT2D eigenvalue weighted by Gasteiger charge is 2.14. The summed E-state index contributed by atoms with van der Waals surface area (Å²) in [5, 5.41) is 4.80. The highest BCUT2D eigenvalue weighted by Crippen LogP contribution is 2.31. The molecule has 0 amide bonds. The fraction of sp³-hybridized carbons (Fsp3) is 0. The second-order valence-corrected chi connectivity index (χ2v) is 6.13. The second-order valence-electron chi connectivity index (χ2n) is 5.25. The summed E-state index contributed by atoms with van der Waals surface area (Å²) in [5.41, 5.74) is 3.49. The predicted molar refractivity (Wildman–Crippen MR) is 98.2 cm³/mol. The van der Waals surface area contributed by atoms with Crippen LogP contribution in [0.4, 0.5) is 11.5 Å². The molecule has 6 heteroatoms. The van der Waals surface area contributed by atoms with Gasteiger partial charge in [0.2, 0.25) is 0 Å². The Morgan fingerprint density at radius 3 is 2.25 bits per heavy atom. The van der Waals surface area contributed by atoms with Crippen LogP contribution in [-0.4, -0.2) is 14.4 Å². The van der Waals surface area contributed by atoms with Crippen LogP contribution < -0.4 is 5.32 Å². The minimum Gasteiger partial charge on any atom is -0.339 e. The fourth-order valence-corrected chi connectivity index (χ4v) is 2.76. The Kier molecular flexibility index (Phi) is 3.84. The highest BCUT2D eigenvalue weighted by atomic mass is 35.5. The molecule has 1 N–H and O–H groups in total. The summed E-state index contributed by atoms with van der Waals surface area (Å²) in [6.45, 7) is 0. The number of rotatable bonds is 3. The maximum absolute atomic E-state index is 6.00. The van der Waals surface area contributed by atoms with Crippen molar-refractivity contribution in [2.75, 3.05) is 5.32 Å². The van der Waals surface area contributed by atoms with Crippen molar-refractivity contribution in [2.24, 2.45) is 0 Å². The highest BCUT2D eigenvalue weighted by molar-refractivity contribution is 6.30. The number of imidazole rings is 1. The van der Waals surface area contributed by atoms with Crippen molar-refractivity contribution in [1.82, 2.24) is 14.4 Å². The smallest absolute Gasteiger partial charge is 0.157 e. The minimum atomic E-state index is 0.691. The average molecular weight is 355 g/mol. The molecule has 0 saturated heterocycles. The first kappa shape index (κ1) is 15.0. The lowest BCUT2D eigenvalue weighted by Crippen LogP contribution is -1.97. The Labute approximate surface area is 148 Å². The number of halogens is 2. The van der Waals surface area contributed by atoms with Crippen molar-refractivity contribution >= 4 is 40.4 Å². The van der Waals surface area contributed by atoms with E-state index in [0.717, 1.165) is 28.4 Å². The van der Waals surface area contributed by atoms with E-state index in [1.165, 1.54) is 0 Å². The van der Waals surface area contributed by atoms with E-state index in [-0.39, 0.29) is 0 Å². The van der Waals surface area contributed by atoms with E-state index in [1.54, 1.807) is 12.4 Å². The van der Waals surface area contributed by atoms with Gasteiger partial charge in [-0.1, -0.05) is 35.3 Å². The molecule has 24 heavy (non-hydrogen) atoms. The maximum atomic E-state index is 6.00. The van der Waals surface area contributed by atoms with Gasteiger partial charge in [-0.25, -0.2) is 4.98 Å². The van der Waals surface area contributed by atoms with Gasteiger partial charge in [-0.2, -0.15) is 0 Å². The largest absolute Gasteiger partial charge is 0.339 e. The molecule has 0 aliphatic rings. The normalized spacial score (nSPS) is 10.9. The lowest BCUT2D eigenvalue weighted by Gasteiger charge is -2.09. The summed E-state index contributed by atoms with van der Waals surface area (Å²) in [4.78, 5) is 8.84. The molecule has 2 heterocycles. The molecule has 0 saturated carbocycles. The fourth-order valence-electron chi connectivity index (χ4n) is 2.51. The van der Waals surface area contributed by atoms with Gasteiger partial charge in [0.1, 0.15) is 11.5 Å². The third-order valence-electron chi connectivity index (χ3n) is 3.65. The van der Waals surface area contributed by atoms with Crippen molar-refractivity contribution < 1.29 is 0 Å². The van der Waals surface area contributed by atoms with Crippen LogP contribution in [0.3, 0.4) is 0 Å². The number of hydrogen-bond donors (Lipinski definition) is 1. The molecule has 0 unspecified atom stereocenters. The zero-order valence-electron chi connectivity index (χ0n) is 12.4. The average Bonchev–Trinajstić information content (AvgIpc) is 2.96. The van der Waals surface area contributed by atoms with Crippen molar-refractivity contribution in [3.8, 4) is 11.3 Å².